The first-order valence-corrected chi connectivity index (χ1v) is 10.9. The molecule has 6 heteroatoms. The van der Waals surface area contributed by atoms with Crippen LogP contribution in [0.5, 0.6) is 0 Å². The van der Waals surface area contributed by atoms with Crippen LogP contribution in [0.4, 0.5) is 11.4 Å². The Hall–Kier alpha value is -3.90. The molecule has 3 aromatic rings. The molecule has 0 bridgehead atoms. The third kappa shape index (κ3) is 4.96. The molecule has 1 aliphatic rings. The Balaban J connectivity index is 1.76. The lowest BCUT2D eigenvalue weighted by Gasteiger charge is -2.16. The van der Waals surface area contributed by atoms with E-state index >= 15 is 0 Å². The molecule has 0 spiro atoms. The summed E-state index contributed by atoms with van der Waals surface area (Å²) in [5.41, 5.74) is 5.95. The van der Waals surface area contributed by atoms with Crippen LogP contribution in [-0.2, 0) is 16.1 Å². The number of fused-ring (bicyclic) bond motifs is 1. The number of benzene rings is 3. The second-order valence-corrected chi connectivity index (χ2v) is 8.11. The van der Waals surface area contributed by atoms with Crippen LogP contribution < -0.4 is 10.6 Å². The summed E-state index contributed by atoms with van der Waals surface area (Å²) in [7, 11) is 4.07. The number of esters is 1. The van der Waals surface area contributed by atoms with Gasteiger partial charge in [0.25, 0.3) is 5.91 Å². The van der Waals surface area contributed by atoms with Crippen molar-refractivity contribution < 1.29 is 14.3 Å². The highest BCUT2D eigenvalue weighted by Crippen LogP contribution is 2.38. The van der Waals surface area contributed by atoms with Crippen LogP contribution in [0.1, 0.15) is 34.0 Å². The first-order valence-electron chi connectivity index (χ1n) is 10.9. The Morgan fingerprint density at radius 1 is 0.970 bits per heavy atom. The molecule has 33 heavy (non-hydrogen) atoms. The minimum Gasteiger partial charge on any atom is -0.462 e. The molecule has 0 aliphatic carbocycles. The maximum absolute atomic E-state index is 13.1. The van der Waals surface area contributed by atoms with Crippen molar-refractivity contribution in [1.29, 1.82) is 0 Å². The first kappa shape index (κ1) is 22.3. The summed E-state index contributed by atoms with van der Waals surface area (Å²) < 4.78 is 5.09. The number of hydrogen-bond donors (Lipinski definition) is 2. The number of hydrogen-bond acceptors (Lipinski definition) is 5. The fourth-order valence-corrected chi connectivity index (χ4v) is 3.85. The van der Waals surface area contributed by atoms with Crippen LogP contribution in [0.25, 0.3) is 11.3 Å². The van der Waals surface area contributed by atoms with Gasteiger partial charge in [0.2, 0.25) is 0 Å². The third-order valence-corrected chi connectivity index (χ3v) is 5.31. The van der Waals surface area contributed by atoms with Gasteiger partial charge in [0.15, 0.2) is 0 Å². The average molecular weight is 442 g/mol. The molecule has 1 heterocycles. The normalized spacial score (nSPS) is 14.0. The van der Waals surface area contributed by atoms with Crippen LogP contribution in [0, 0.1) is 0 Å². The molecule has 0 saturated carbocycles. The zero-order valence-corrected chi connectivity index (χ0v) is 19.0. The molecule has 0 saturated heterocycles. The highest BCUT2D eigenvalue weighted by molar-refractivity contribution is 6.37. The van der Waals surface area contributed by atoms with E-state index in [1.807, 2.05) is 56.6 Å². The molecule has 0 fully saturated rings. The predicted molar refractivity (Wildman–Crippen MR) is 132 cm³/mol. The van der Waals surface area contributed by atoms with Crippen molar-refractivity contribution >= 4 is 34.5 Å². The minimum atomic E-state index is -0.411. The predicted octanol–water partition coefficient (Wildman–Crippen LogP) is 4.86. The van der Waals surface area contributed by atoms with Gasteiger partial charge in [-0.2, -0.15) is 0 Å². The molecular formula is C27H27N3O3. The molecule has 1 aliphatic heterocycles. The summed E-state index contributed by atoms with van der Waals surface area (Å²) in [6.45, 7) is 2.91. The van der Waals surface area contributed by atoms with Crippen LogP contribution in [0.15, 0.2) is 72.8 Å². The van der Waals surface area contributed by atoms with E-state index in [9.17, 15) is 9.59 Å². The van der Waals surface area contributed by atoms with E-state index in [1.54, 1.807) is 25.1 Å². The van der Waals surface area contributed by atoms with Crippen molar-refractivity contribution in [2.24, 2.45) is 0 Å². The van der Waals surface area contributed by atoms with Crippen molar-refractivity contribution in [2.75, 3.05) is 31.3 Å². The molecule has 0 atom stereocenters. The Kier molecular flexibility index (Phi) is 6.56. The van der Waals surface area contributed by atoms with Gasteiger partial charge in [-0.05, 0) is 56.4 Å². The fraction of sp³-hybridized carbons (Fsp3) is 0.185. The van der Waals surface area contributed by atoms with E-state index in [2.05, 4.69) is 27.7 Å². The van der Waals surface area contributed by atoms with Gasteiger partial charge in [0, 0.05) is 17.8 Å². The van der Waals surface area contributed by atoms with Crippen molar-refractivity contribution in [3.05, 3.63) is 95.1 Å². The average Bonchev–Trinajstić information content (AvgIpc) is 3.13. The summed E-state index contributed by atoms with van der Waals surface area (Å²) in [5.74, 6) is -0.632. The zero-order valence-electron chi connectivity index (χ0n) is 19.0. The first-order chi connectivity index (χ1) is 16.0. The van der Waals surface area contributed by atoms with Crippen LogP contribution in [0.3, 0.4) is 0 Å². The number of nitrogens with one attached hydrogen (secondary N) is 2. The highest BCUT2D eigenvalue weighted by atomic mass is 16.5. The lowest BCUT2D eigenvalue weighted by Crippen LogP contribution is -2.11. The second-order valence-electron chi connectivity index (χ2n) is 8.11. The van der Waals surface area contributed by atoms with E-state index < -0.39 is 5.97 Å². The van der Waals surface area contributed by atoms with E-state index in [0.29, 0.717) is 29.1 Å². The number of ether oxygens (including phenoxy) is 1. The molecule has 3 aromatic carbocycles. The molecule has 2 N–H and O–H groups in total. The highest BCUT2D eigenvalue weighted by Gasteiger charge is 2.29. The summed E-state index contributed by atoms with van der Waals surface area (Å²) >= 11 is 0. The molecule has 0 unspecified atom stereocenters. The molecule has 4 rings (SSSR count). The van der Waals surface area contributed by atoms with Crippen LogP contribution in [-0.4, -0.2) is 37.5 Å². The standard InChI is InChI=1S/C27H27N3O3/c1-4-33-27(32)20-12-15-22-23(16-20)29-26(31)24(22)25(19-8-6-5-7-9-19)28-21-13-10-18(11-14-21)17-30(2)3/h5-16,28H,4,17H2,1-3H3,(H,29,31)/b25-24-. The summed E-state index contributed by atoms with van der Waals surface area (Å²) in [6, 6.07) is 23.1. The Morgan fingerprint density at radius 2 is 1.70 bits per heavy atom. The Labute approximate surface area is 193 Å². The van der Waals surface area contributed by atoms with Crippen molar-refractivity contribution in [1.82, 2.24) is 4.90 Å². The Morgan fingerprint density at radius 3 is 2.36 bits per heavy atom. The SMILES string of the molecule is CCOC(=O)c1ccc2c(c1)NC(=O)/C2=C(\Nc1ccc(CN(C)C)cc1)c1ccccc1. The topological polar surface area (TPSA) is 70.7 Å². The van der Waals surface area contributed by atoms with Gasteiger partial charge in [-0.25, -0.2) is 4.79 Å². The van der Waals surface area contributed by atoms with E-state index in [-0.39, 0.29) is 5.91 Å². The number of carbonyl (C=O) groups is 2. The van der Waals surface area contributed by atoms with Crippen molar-refractivity contribution in [2.45, 2.75) is 13.5 Å². The Bertz CT molecular complexity index is 1200. The van der Waals surface area contributed by atoms with E-state index in [0.717, 1.165) is 23.4 Å². The van der Waals surface area contributed by atoms with Crippen molar-refractivity contribution in [3.63, 3.8) is 0 Å². The summed E-state index contributed by atoms with van der Waals surface area (Å²) in [5, 5.41) is 6.36. The maximum atomic E-state index is 13.1. The number of nitrogens with zero attached hydrogens (tertiary/aromatic N) is 1. The number of rotatable bonds is 7. The van der Waals surface area contributed by atoms with Gasteiger partial charge in [0.1, 0.15) is 0 Å². The molecule has 0 radical (unpaired) electrons. The minimum absolute atomic E-state index is 0.221. The summed E-state index contributed by atoms with van der Waals surface area (Å²) in [6.07, 6.45) is 0. The lowest BCUT2D eigenvalue weighted by molar-refractivity contribution is -0.110. The molecule has 168 valence electrons. The molecular weight excluding hydrogens is 414 g/mol. The molecule has 1 amide bonds. The second kappa shape index (κ2) is 9.71. The fourth-order valence-electron chi connectivity index (χ4n) is 3.85. The van der Waals surface area contributed by atoms with Crippen LogP contribution in [0.2, 0.25) is 0 Å². The number of anilines is 2. The van der Waals surface area contributed by atoms with Gasteiger partial charge < -0.3 is 20.3 Å². The van der Waals surface area contributed by atoms with Gasteiger partial charge in [0.05, 0.1) is 29.1 Å². The maximum Gasteiger partial charge on any atom is 0.338 e. The van der Waals surface area contributed by atoms with E-state index in [1.165, 1.54) is 5.56 Å². The van der Waals surface area contributed by atoms with Crippen LogP contribution >= 0.6 is 0 Å². The molecule has 6 nitrogen and oxygen atoms in total. The van der Waals surface area contributed by atoms with E-state index in [4.69, 9.17) is 4.74 Å². The zero-order chi connectivity index (χ0) is 23.4. The number of amides is 1. The third-order valence-electron chi connectivity index (χ3n) is 5.31. The largest absolute Gasteiger partial charge is 0.462 e. The summed E-state index contributed by atoms with van der Waals surface area (Å²) in [4.78, 5) is 27.3. The van der Waals surface area contributed by atoms with Gasteiger partial charge in [-0.3, -0.25) is 4.79 Å². The molecule has 0 aromatic heterocycles. The monoisotopic (exact) mass is 441 g/mol. The quantitative estimate of drug-likeness (QED) is 0.405. The van der Waals surface area contributed by atoms with Crippen molar-refractivity contribution in [3.8, 4) is 0 Å². The smallest absolute Gasteiger partial charge is 0.338 e. The lowest BCUT2D eigenvalue weighted by atomic mass is 9.99. The van der Waals surface area contributed by atoms with Gasteiger partial charge in [-0.1, -0.05) is 48.5 Å². The van der Waals surface area contributed by atoms with Gasteiger partial charge in [-0.15, -0.1) is 0 Å². The van der Waals surface area contributed by atoms with Gasteiger partial charge >= 0.3 is 5.97 Å². The number of carbonyl (C=O) groups excluding carboxylic acids is 2.